The van der Waals surface area contributed by atoms with Gasteiger partial charge in [0, 0.05) is 6.07 Å². The van der Waals surface area contributed by atoms with Crippen molar-refractivity contribution in [3.05, 3.63) is 41.3 Å². The van der Waals surface area contributed by atoms with Gasteiger partial charge >= 0.3 is 10.1 Å². The minimum atomic E-state index is -4.01. The van der Waals surface area contributed by atoms with E-state index < -0.39 is 26.0 Å². The van der Waals surface area contributed by atoms with E-state index in [1.165, 1.54) is 24.5 Å². The van der Waals surface area contributed by atoms with Gasteiger partial charge in [-0.05, 0) is 31.0 Å². The van der Waals surface area contributed by atoms with E-state index >= 15 is 0 Å². The fourth-order valence-corrected chi connectivity index (χ4v) is 2.57. The van der Waals surface area contributed by atoms with Crippen molar-refractivity contribution in [1.29, 1.82) is 0 Å². The van der Waals surface area contributed by atoms with Crippen molar-refractivity contribution in [3.8, 4) is 5.88 Å². The minimum absolute atomic E-state index is 0.0363. The van der Waals surface area contributed by atoms with Crippen molar-refractivity contribution in [1.82, 2.24) is 9.97 Å². The molecule has 0 fully saturated rings. The second kappa shape index (κ2) is 8.29. The Bertz CT molecular complexity index is 909. The largest absolute Gasteiger partial charge is 0.397 e. The molecular formula is C14H20N4O6S2. The second-order valence-corrected chi connectivity index (χ2v) is 8.45. The van der Waals surface area contributed by atoms with Crippen LogP contribution in [-0.4, -0.2) is 37.6 Å². The van der Waals surface area contributed by atoms with Gasteiger partial charge in [-0.2, -0.15) is 16.8 Å². The Kier molecular flexibility index (Phi) is 6.89. The van der Waals surface area contributed by atoms with Crippen LogP contribution in [0.25, 0.3) is 0 Å². The molecule has 2 aromatic heterocycles. The fourth-order valence-electron chi connectivity index (χ4n) is 1.63. The molecular weight excluding hydrogens is 384 g/mol. The predicted octanol–water partition coefficient (Wildman–Crippen LogP) is 0.671. The highest BCUT2D eigenvalue weighted by molar-refractivity contribution is 7.86. The van der Waals surface area contributed by atoms with E-state index in [2.05, 4.69) is 14.2 Å². The van der Waals surface area contributed by atoms with Crippen molar-refractivity contribution in [2.75, 3.05) is 17.7 Å². The molecule has 0 amide bonds. The van der Waals surface area contributed by atoms with Crippen molar-refractivity contribution in [2.24, 2.45) is 0 Å². The Morgan fingerprint density at radius 1 is 1.00 bits per heavy atom. The Morgan fingerprint density at radius 2 is 1.50 bits per heavy atom. The maximum atomic E-state index is 10.7. The molecule has 2 heterocycles. The molecule has 26 heavy (non-hydrogen) atoms. The number of rotatable bonds is 4. The lowest BCUT2D eigenvalue weighted by Gasteiger charge is -2.03. The lowest BCUT2D eigenvalue weighted by molar-refractivity contribution is 0.480. The zero-order valence-electron chi connectivity index (χ0n) is 14.4. The van der Waals surface area contributed by atoms with Gasteiger partial charge in [0.25, 0.3) is 10.1 Å². The lowest BCUT2D eigenvalue weighted by atomic mass is 10.2. The topological polar surface area (TPSA) is 176 Å². The molecule has 0 aliphatic carbocycles. The monoisotopic (exact) mass is 404 g/mol. The zero-order chi connectivity index (χ0) is 20.1. The van der Waals surface area contributed by atoms with Crippen LogP contribution in [0.15, 0.2) is 24.5 Å². The average Bonchev–Trinajstić information content (AvgIpc) is 2.44. The van der Waals surface area contributed by atoms with Gasteiger partial charge in [0.2, 0.25) is 5.88 Å². The molecule has 0 bridgehead atoms. The molecule has 0 atom stereocenters. The van der Waals surface area contributed by atoms with E-state index in [0.717, 1.165) is 17.4 Å². The highest BCUT2D eigenvalue weighted by Crippen LogP contribution is 2.15. The Morgan fingerprint density at radius 3 is 1.92 bits per heavy atom. The molecule has 2 rings (SSSR count). The number of nitrogens with two attached hydrogens (primary N) is 2. The number of aromatic nitrogens is 2. The Labute approximate surface area is 152 Å². The summed E-state index contributed by atoms with van der Waals surface area (Å²) in [6, 6.07) is 3.00. The first-order valence-electron chi connectivity index (χ1n) is 7.04. The van der Waals surface area contributed by atoms with Crippen molar-refractivity contribution < 1.29 is 25.6 Å². The summed E-state index contributed by atoms with van der Waals surface area (Å²) in [5, 5.41) is 0. The zero-order valence-corrected chi connectivity index (χ0v) is 16.0. The van der Waals surface area contributed by atoms with Gasteiger partial charge in [0.15, 0.2) is 0 Å². The third-order valence-corrected chi connectivity index (χ3v) is 4.04. The van der Waals surface area contributed by atoms with E-state index in [9.17, 15) is 16.8 Å². The SMILES string of the molecule is Cc1cc(CS(=O)(=O)O)ncc1N.Cc1cc(OS(C)(=O)=O)ncc1N. The van der Waals surface area contributed by atoms with Crippen LogP contribution in [0.4, 0.5) is 11.4 Å². The maximum Gasteiger partial charge on any atom is 0.307 e. The molecule has 5 N–H and O–H groups in total. The maximum absolute atomic E-state index is 10.7. The highest BCUT2D eigenvalue weighted by atomic mass is 32.2. The summed E-state index contributed by atoms with van der Waals surface area (Å²) >= 11 is 0. The molecule has 10 nitrogen and oxygen atoms in total. The standard InChI is InChI=1S/2C7H10N2O3S/c1-5-3-7(9-4-6(5)8)12-13(2,10)11;1-5-2-6(4-13(10,11)12)9-3-7(5)8/h3-4H,8H2,1-2H3;2-3H,4,8H2,1H3,(H,10,11,12). The molecule has 2 aromatic rings. The Hall–Kier alpha value is -2.44. The van der Waals surface area contributed by atoms with Gasteiger partial charge in [-0.25, -0.2) is 4.98 Å². The molecule has 144 valence electrons. The Balaban J connectivity index is 0.000000260. The van der Waals surface area contributed by atoms with Crippen LogP contribution in [-0.2, 0) is 26.0 Å². The third-order valence-electron chi connectivity index (χ3n) is 2.90. The lowest BCUT2D eigenvalue weighted by Crippen LogP contribution is -2.07. The third kappa shape index (κ3) is 8.09. The van der Waals surface area contributed by atoms with Crippen molar-refractivity contribution in [2.45, 2.75) is 19.6 Å². The van der Waals surface area contributed by atoms with E-state index in [1.54, 1.807) is 13.8 Å². The summed E-state index contributed by atoms with van der Waals surface area (Å²) in [5.41, 5.74) is 13.7. The summed E-state index contributed by atoms with van der Waals surface area (Å²) in [6.07, 6.45) is 3.69. The molecule has 12 heteroatoms. The van der Waals surface area contributed by atoms with Gasteiger partial charge < -0.3 is 15.7 Å². The number of pyridine rings is 2. The number of aryl methyl sites for hydroxylation is 2. The first-order chi connectivity index (χ1) is 11.8. The van der Waals surface area contributed by atoms with Gasteiger partial charge in [-0.1, -0.05) is 0 Å². The number of anilines is 2. The van der Waals surface area contributed by atoms with Crippen molar-refractivity contribution >= 4 is 31.6 Å². The van der Waals surface area contributed by atoms with Crippen LogP contribution in [0.5, 0.6) is 5.88 Å². The number of nitrogen functional groups attached to an aromatic ring is 2. The molecule has 0 aliphatic heterocycles. The van der Waals surface area contributed by atoms with Gasteiger partial charge in [-0.3, -0.25) is 9.54 Å². The predicted molar refractivity (Wildman–Crippen MR) is 97.5 cm³/mol. The molecule has 0 unspecified atom stereocenters. The normalized spacial score (nSPS) is 11.4. The molecule has 0 spiro atoms. The summed E-state index contributed by atoms with van der Waals surface area (Å²) in [6.45, 7) is 3.48. The van der Waals surface area contributed by atoms with E-state index in [1.807, 2.05) is 0 Å². The van der Waals surface area contributed by atoms with Gasteiger partial charge in [0.1, 0.15) is 5.75 Å². The van der Waals surface area contributed by atoms with Crippen LogP contribution in [0, 0.1) is 13.8 Å². The number of hydrogen-bond donors (Lipinski definition) is 3. The van der Waals surface area contributed by atoms with Crippen LogP contribution in [0.2, 0.25) is 0 Å². The van der Waals surface area contributed by atoms with Gasteiger partial charge in [-0.15, -0.1) is 0 Å². The molecule has 0 saturated carbocycles. The van der Waals surface area contributed by atoms with Gasteiger partial charge in [0.05, 0.1) is 35.7 Å². The summed E-state index contributed by atoms with van der Waals surface area (Å²) in [4.78, 5) is 7.46. The van der Waals surface area contributed by atoms with Crippen LogP contribution < -0.4 is 15.7 Å². The second-order valence-electron chi connectivity index (χ2n) is 5.43. The van der Waals surface area contributed by atoms with Crippen LogP contribution in [0.1, 0.15) is 16.8 Å². The minimum Gasteiger partial charge on any atom is -0.397 e. The fraction of sp³-hybridized carbons (Fsp3) is 0.286. The van der Waals surface area contributed by atoms with Crippen molar-refractivity contribution in [3.63, 3.8) is 0 Å². The summed E-state index contributed by atoms with van der Waals surface area (Å²) in [7, 11) is -7.52. The highest BCUT2D eigenvalue weighted by Gasteiger charge is 2.08. The van der Waals surface area contributed by atoms with E-state index in [4.69, 9.17) is 16.0 Å². The average molecular weight is 404 g/mol. The van der Waals surface area contributed by atoms with E-state index in [0.29, 0.717) is 11.4 Å². The summed E-state index contributed by atoms with van der Waals surface area (Å²) < 4.78 is 55.4. The molecule has 0 saturated heterocycles. The van der Waals surface area contributed by atoms with Crippen LogP contribution in [0.3, 0.4) is 0 Å². The van der Waals surface area contributed by atoms with Crippen LogP contribution >= 0.6 is 0 Å². The molecule has 0 radical (unpaired) electrons. The number of nitrogens with zero attached hydrogens (tertiary/aromatic N) is 2. The molecule has 0 aliphatic rings. The quantitative estimate of drug-likeness (QED) is 0.485. The molecule has 0 aromatic carbocycles. The first-order valence-corrected chi connectivity index (χ1v) is 10.5. The number of hydrogen-bond acceptors (Lipinski definition) is 9. The smallest absolute Gasteiger partial charge is 0.307 e. The van der Waals surface area contributed by atoms with E-state index in [-0.39, 0.29) is 11.6 Å². The summed E-state index contributed by atoms with van der Waals surface area (Å²) in [5.74, 6) is -0.442. The first kappa shape index (κ1) is 21.6.